The number of nitrogens with two attached hydrogens (primary N) is 1. The lowest BCUT2D eigenvalue weighted by Crippen LogP contribution is -2.38. The van der Waals surface area contributed by atoms with Crippen molar-refractivity contribution in [2.45, 2.75) is 18.3 Å². The molecule has 23 heavy (non-hydrogen) atoms. The second-order valence-corrected chi connectivity index (χ2v) is 6.36. The molecule has 0 radical (unpaired) electrons. The molecule has 7 heteroatoms. The summed E-state index contributed by atoms with van der Waals surface area (Å²) in [5, 5.41) is 18.9. The molecule has 1 heterocycles. The number of nitriles is 1. The number of aromatic carboxylic acids is 1. The molecule has 1 aromatic carbocycles. The van der Waals surface area contributed by atoms with Crippen LogP contribution in [0, 0.1) is 17.1 Å². The van der Waals surface area contributed by atoms with Gasteiger partial charge in [-0.3, -0.25) is 4.79 Å². The summed E-state index contributed by atoms with van der Waals surface area (Å²) in [5.41, 5.74) is 5.03. The van der Waals surface area contributed by atoms with Gasteiger partial charge in [0.15, 0.2) is 5.78 Å². The summed E-state index contributed by atoms with van der Waals surface area (Å²) in [6, 6.07) is 7.27. The Morgan fingerprint density at radius 3 is 2.61 bits per heavy atom. The van der Waals surface area contributed by atoms with E-state index in [0.29, 0.717) is 11.1 Å². The van der Waals surface area contributed by atoms with Crippen LogP contribution in [0.25, 0.3) is 0 Å². The van der Waals surface area contributed by atoms with Gasteiger partial charge >= 0.3 is 5.97 Å². The fraction of sp³-hybridized carbons (Fsp3) is 0.188. The fourth-order valence-corrected chi connectivity index (χ4v) is 4.07. The molecule has 116 valence electrons. The number of anilines is 1. The first-order chi connectivity index (χ1) is 10.9. The minimum atomic E-state index is -1.44. The number of carbonyl (C=O) groups excluding carboxylic acids is 1. The van der Waals surface area contributed by atoms with Crippen molar-refractivity contribution in [2.24, 2.45) is 0 Å². The molecule has 1 aliphatic rings. The highest BCUT2D eigenvalue weighted by Crippen LogP contribution is 2.44. The van der Waals surface area contributed by atoms with Crippen LogP contribution in [0.1, 0.15) is 37.6 Å². The molecule has 1 atom stereocenters. The van der Waals surface area contributed by atoms with Crippen LogP contribution in [0.4, 0.5) is 9.39 Å². The van der Waals surface area contributed by atoms with Crippen LogP contribution in [-0.2, 0) is 11.8 Å². The minimum absolute atomic E-state index is 0.0519. The summed E-state index contributed by atoms with van der Waals surface area (Å²) >= 11 is 0.891. The molecule has 0 fully saturated rings. The Balaban J connectivity index is 2.16. The van der Waals surface area contributed by atoms with Crippen LogP contribution in [0.2, 0.25) is 0 Å². The van der Waals surface area contributed by atoms with Crippen molar-refractivity contribution in [3.8, 4) is 6.07 Å². The highest BCUT2D eigenvalue weighted by molar-refractivity contribution is 7.18. The number of carboxylic acids is 1. The van der Waals surface area contributed by atoms with Crippen molar-refractivity contribution >= 4 is 28.1 Å². The summed E-state index contributed by atoms with van der Waals surface area (Å²) in [6.07, 6.45) is 0.388. The molecule has 1 aliphatic carbocycles. The van der Waals surface area contributed by atoms with E-state index in [2.05, 4.69) is 0 Å². The number of hydrogen-bond acceptors (Lipinski definition) is 5. The van der Waals surface area contributed by atoms with Gasteiger partial charge in [-0.05, 0) is 36.1 Å². The molecule has 1 aromatic heterocycles. The van der Waals surface area contributed by atoms with Crippen molar-refractivity contribution in [3.05, 3.63) is 51.7 Å². The summed E-state index contributed by atoms with van der Waals surface area (Å²) < 4.78 is 13.1. The highest BCUT2D eigenvalue weighted by atomic mass is 32.1. The number of nitrogen functional groups attached to an aromatic ring is 1. The Hall–Kier alpha value is -2.72. The largest absolute Gasteiger partial charge is 0.478 e. The molecule has 2 aromatic rings. The zero-order chi connectivity index (χ0) is 16.8. The van der Waals surface area contributed by atoms with Crippen LogP contribution in [0.15, 0.2) is 24.3 Å². The SMILES string of the molecule is N#CC1(c2ccc(F)cc2)CCc2c(sc(N)c2C(=O)O)C1=O. The van der Waals surface area contributed by atoms with Gasteiger partial charge in [-0.2, -0.15) is 5.26 Å². The third-order valence-electron chi connectivity index (χ3n) is 4.12. The molecule has 0 saturated heterocycles. The Morgan fingerprint density at radius 1 is 1.39 bits per heavy atom. The van der Waals surface area contributed by atoms with E-state index in [-0.39, 0.29) is 28.3 Å². The van der Waals surface area contributed by atoms with E-state index in [1.54, 1.807) is 0 Å². The summed E-state index contributed by atoms with van der Waals surface area (Å²) in [7, 11) is 0. The smallest absolute Gasteiger partial charge is 0.338 e. The third kappa shape index (κ3) is 2.11. The maximum absolute atomic E-state index is 13.1. The van der Waals surface area contributed by atoms with E-state index in [1.807, 2.05) is 6.07 Å². The maximum Gasteiger partial charge on any atom is 0.338 e. The van der Waals surface area contributed by atoms with E-state index >= 15 is 0 Å². The van der Waals surface area contributed by atoms with Crippen LogP contribution >= 0.6 is 11.3 Å². The molecule has 0 saturated carbocycles. The van der Waals surface area contributed by atoms with Crippen molar-refractivity contribution in [1.29, 1.82) is 5.26 Å². The molecule has 0 aliphatic heterocycles. The first-order valence-corrected chi connectivity index (χ1v) is 7.59. The summed E-state index contributed by atoms with van der Waals surface area (Å²) in [5.74, 6) is -2.12. The van der Waals surface area contributed by atoms with E-state index in [1.165, 1.54) is 24.3 Å². The van der Waals surface area contributed by atoms with Crippen molar-refractivity contribution < 1.29 is 19.1 Å². The standard InChI is InChI=1S/C16H11FN2O3S/c17-9-3-1-8(2-4-9)16(7-18)6-5-10-11(15(21)22)14(19)23-12(10)13(16)20/h1-4H,5-6,19H2,(H,21,22). The van der Waals surface area contributed by atoms with E-state index in [4.69, 9.17) is 5.73 Å². The van der Waals surface area contributed by atoms with Gasteiger partial charge in [-0.15, -0.1) is 11.3 Å². The van der Waals surface area contributed by atoms with E-state index in [9.17, 15) is 24.3 Å². The number of ketones is 1. The van der Waals surface area contributed by atoms with Gasteiger partial charge in [0.1, 0.15) is 16.2 Å². The molecule has 5 nitrogen and oxygen atoms in total. The van der Waals surface area contributed by atoms with Gasteiger partial charge in [0.25, 0.3) is 0 Å². The fourth-order valence-electron chi connectivity index (χ4n) is 2.94. The average Bonchev–Trinajstić information content (AvgIpc) is 2.86. The van der Waals surface area contributed by atoms with Gasteiger partial charge in [0, 0.05) is 0 Å². The van der Waals surface area contributed by atoms with Crippen LogP contribution in [0.5, 0.6) is 0 Å². The third-order valence-corrected chi connectivity index (χ3v) is 5.18. The lowest BCUT2D eigenvalue weighted by Gasteiger charge is -2.29. The van der Waals surface area contributed by atoms with Crippen LogP contribution in [0.3, 0.4) is 0 Å². The van der Waals surface area contributed by atoms with E-state index in [0.717, 1.165) is 11.3 Å². The number of benzene rings is 1. The number of hydrogen-bond donors (Lipinski definition) is 2. The first-order valence-electron chi connectivity index (χ1n) is 6.77. The predicted octanol–water partition coefficient (Wildman–Crippen LogP) is 2.76. The maximum atomic E-state index is 13.1. The number of carboxylic acid groups (broad SMARTS) is 1. The minimum Gasteiger partial charge on any atom is -0.478 e. The zero-order valence-corrected chi connectivity index (χ0v) is 12.6. The molecule has 3 N–H and O–H groups in total. The summed E-state index contributed by atoms with van der Waals surface area (Å²) in [4.78, 5) is 24.4. The number of nitrogens with zero attached hydrogens (tertiary/aromatic N) is 1. The number of rotatable bonds is 2. The van der Waals surface area contributed by atoms with Crippen molar-refractivity contribution in [1.82, 2.24) is 0 Å². The Morgan fingerprint density at radius 2 is 2.04 bits per heavy atom. The average molecular weight is 330 g/mol. The van der Waals surface area contributed by atoms with Crippen LogP contribution < -0.4 is 5.73 Å². The van der Waals surface area contributed by atoms with Gasteiger partial charge in [0.2, 0.25) is 0 Å². The second-order valence-electron chi connectivity index (χ2n) is 5.31. The number of halogens is 1. The molecular formula is C16H11FN2O3S. The molecule has 0 amide bonds. The summed E-state index contributed by atoms with van der Waals surface area (Å²) in [6.45, 7) is 0. The molecule has 3 rings (SSSR count). The Kier molecular flexibility index (Phi) is 3.42. The lowest BCUT2D eigenvalue weighted by molar-refractivity contribution is 0.0697. The topological polar surface area (TPSA) is 104 Å². The van der Waals surface area contributed by atoms with Gasteiger partial charge in [-0.25, -0.2) is 9.18 Å². The number of fused-ring (bicyclic) bond motifs is 1. The van der Waals surface area contributed by atoms with Gasteiger partial charge < -0.3 is 10.8 Å². The number of thiophene rings is 1. The molecule has 1 unspecified atom stereocenters. The quantitative estimate of drug-likeness (QED) is 0.881. The molecule has 0 bridgehead atoms. The van der Waals surface area contributed by atoms with Gasteiger partial charge in [0.05, 0.1) is 16.5 Å². The lowest BCUT2D eigenvalue weighted by atomic mass is 9.69. The monoisotopic (exact) mass is 330 g/mol. The van der Waals surface area contributed by atoms with E-state index < -0.39 is 23.0 Å². The van der Waals surface area contributed by atoms with Crippen molar-refractivity contribution in [2.75, 3.05) is 5.73 Å². The predicted molar refractivity (Wildman–Crippen MR) is 82.0 cm³/mol. The first kappa shape index (κ1) is 15.2. The van der Waals surface area contributed by atoms with Crippen LogP contribution in [-0.4, -0.2) is 16.9 Å². The Bertz CT molecular complexity index is 867. The number of carbonyl (C=O) groups is 2. The Labute approximate surface area is 134 Å². The normalized spacial score (nSPS) is 19.9. The van der Waals surface area contributed by atoms with Gasteiger partial charge in [-0.1, -0.05) is 12.1 Å². The zero-order valence-electron chi connectivity index (χ0n) is 11.8. The second kappa shape index (κ2) is 5.18. The molecular weight excluding hydrogens is 319 g/mol. The van der Waals surface area contributed by atoms with Crippen molar-refractivity contribution in [3.63, 3.8) is 0 Å². The number of Topliss-reactive ketones (excluding diaryl/α,β-unsaturated/α-hetero) is 1. The molecule has 0 spiro atoms. The highest BCUT2D eigenvalue weighted by Gasteiger charge is 2.47.